The van der Waals surface area contributed by atoms with Crippen LogP contribution in [0.2, 0.25) is 0 Å². The number of nitriles is 1. The van der Waals surface area contributed by atoms with Gasteiger partial charge in [0, 0.05) is 33.0 Å². The fourth-order valence-electron chi connectivity index (χ4n) is 5.40. The molecule has 2 heterocycles. The van der Waals surface area contributed by atoms with Crippen LogP contribution in [0.4, 0.5) is 4.39 Å². The molecule has 0 aliphatic carbocycles. The molecule has 3 rings (SSSR count). The smallest absolute Gasteiger partial charge is 0.354 e. The van der Waals surface area contributed by atoms with Crippen LogP contribution < -0.4 is 9.87 Å². The van der Waals surface area contributed by atoms with Crippen molar-refractivity contribution in [3.63, 3.8) is 0 Å². The van der Waals surface area contributed by atoms with E-state index >= 15 is 0 Å². The van der Waals surface area contributed by atoms with Crippen LogP contribution in [0.5, 0.6) is 5.88 Å². The molecule has 0 unspecified atom stereocenters. The zero-order chi connectivity index (χ0) is 36.4. The topological polar surface area (TPSA) is 190 Å². The Hall–Kier alpha value is -4.36. The summed E-state index contributed by atoms with van der Waals surface area (Å²) in [6, 6.07) is 6.24. The summed E-state index contributed by atoms with van der Waals surface area (Å²) in [5.41, 5.74) is -4.55. The van der Waals surface area contributed by atoms with Gasteiger partial charge in [-0.15, -0.1) is 0 Å². The first-order chi connectivity index (χ1) is 22.2. The van der Waals surface area contributed by atoms with Gasteiger partial charge >= 0.3 is 33.7 Å². The molecule has 1 aromatic heterocycles. The molecule has 1 aliphatic heterocycles. The SMILES string of the molecule is CC(=O)OC[C@@]1(CF)O[C@@](C#N)(n2ccc(OS(=O)(=O)c3c(C(C)C)cc(C(C)C)cc3C(C)C)nc2=O)[C@H](OC(C)=O)[C@@H]1OC(C)=O. The number of alkyl halides is 1. The van der Waals surface area contributed by atoms with Crippen molar-refractivity contribution in [3.05, 3.63) is 51.6 Å². The summed E-state index contributed by atoms with van der Waals surface area (Å²) < 4.78 is 69.7. The van der Waals surface area contributed by atoms with Crippen molar-refractivity contribution < 1.29 is 50.3 Å². The average molecular weight is 694 g/mol. The van der Waals surface area contributed by atoms with E-state index in [9.17, 15) is 37.2 Å². The molecule has 0 N–H and O–H groups in total. The number of carbonyl (C=O) groups excluding carboxylic acids is 3. The van der Waals surface area contributed by atoms with Gasteiger partial charge in [-0.2, -0.15) is 18.7 Å². The molecular weight excluding hydrogens is 653 g/mol. The highest BCUT2D eigenvalue weighted by Crippen LogP contribution is 2.45. The number of aromatic nitrogens is 2. The van der Waals surface area contributed by atoms with Crippen LogP contribution in [-0.4, -0.2) is 67.0 Å². The van der Waals surface area contributed by atoms with E-state index in [0.717, 1.165) is 38.6 Å². The van der Waals surface area contributed by atoms with Crippen LogP contribution in [0.1, 0.15) is 96.8 Å². The Morgan fingerprint density at radius 2 is 1.52 bits per heavy atom. The van der Waals surface area contributed by atoms with E-state index in [4.69, 9.17) is 23.1 Å². The van der Waals surface area contributed by atoms with E-state index in [1.54, 1.807) is 18.2 Å². The lowest BCUT2D eigenvalue weighted by Gasteiger charge is -2.30. The van der Waals surface area contributed by atoms with Crippen LogP contribution in [0.25, 0.3) is 0 Å². The highest BCUT2D eigenvalue weighted by molar-refractivity contribution is 7.87. The third kappa shape index (κ3) is 7.52. The molecule has 0 radical (unpaired) electrons. The Morgan fingerprint density at radius 3 is 1.94 bits per heavy atom. The molecule has 14 nitrogen and oxygen atoms in total. The van der Waals surface area contributed by atoms with Crippen molar-refractivity contribution in [2.75, 3.05) is 13.3 Å². The minimum Gasteiger partial charge on any atom is -0.463 e. The number of rotatable bonds is 12. The first kappa shape index (κ1) is 38.1. The quantitative estimate of drug-likeness (QED) is 0.178. The maximum atomic E-state index is 14.8. The normalized spacial score (nSPS) is 22.4. The van der Waals surface area contributed by atoms with Crippen LogP contribution in [0.15, 0.2) is 34.1 Å². The van der Waals surface area contributed by atoms with Gasteiger partial charge < -0.3 is 23.1 Å². The fraction of sp³-hybridized carbons (Fsp3) is 0.562. The van der Waals surface area contributed by atoms with Crippen LogP contribution in [0, 0.1) is 11.3 Å². The van der Waals surface area contributed by atoms with Crippen molar-refractivity contribution in [1.29, 1.82) is 5.26 Å². The van der Waals surface area contributed by atoms with Crippen LogP contribution >= 0.6 is 0 Å². The summed E-state index contributed by atoms with van der Waals surface area (Å²) >= 11 is 0. The molecule has 262 valence electrons. The predicted octanol–water partition coefficient (Wildman–Crippen LogP) is 3.72. The number of ether oxygens (including phenoxy) is 4. The number of hydrogen-bond acceptors (Lipinski definition) is 13. The fourth-order valence-corrected chi connectivity index (χ4v) is 6.97. The van der Waals surface area contributed by atoms with E-state index < -0.39 is 76.4 Å². The van der Waals surface area contributed by atoms with Crippen molar-refractivity contribution in [3.8, 4) is 11.9 Å². The highest BCUT2D eigenvalue weighted by atomic mass is 32.2. The molecule has 16 heteroatoms. The summed E-state index contributed by atoms with van der Waals surface area (Å²) in [4.78, 5) is 53.1. The summed E-state index contributed by atoms with van der Waals surface area (Å²) in [6.45, 7) is 11.8. The number of carbonyl (C=O) groups is 3. The van der Waals surface area contributed by atoms with Gasteiger partial charge in [0.25, 0.3) is 5.72 Å². The zero-order valence-electron chi connectivity index (χ0n) is 28.2. The number of halogens is 1. The Bertz CT molecular complexity index is 1750. The lowest BCUT2D eigenvalue weighted by atomic mass is 9.89. The summed E-state index contributed by atoms with van der Waals surface area (Å²) in [5, 5.41) is 10.4. The van der Waals surface area contributed by atoms with Gasteiger partial charge in [0.15, 0.2) is 11.7 Å². The molecule has 0 bridgehead atoms. The number of benzene rings is 1. The van der Waals surface area contributed by atoms with Crippen molar-refractivity contribution in [1.82, 2.24) is 9.55 Å². The predicted molar refractivity (Wildman–Crippen MR) is 166 cm³/mol. The van der Waals surface area contributed by atoms with Gasteiger partial charge in [0.05, 0.1) is 0 Å². The molecule has 1 saturated heterocycles. The van der Waals surface area contributed by atoms with E-state index in [-0.39, 0.29) is 22.6 Å². The van der Waals surface area contributed by atoms with Crippen LogP contribution in [-0.2, 0) is 49.2 Å². The van der Waals surface area contributed by atoms with E-state index in [0.29, 0.717) is 15.7 Å². The Balaban J connectivity index is 2.20. The Morgan fingerprint density at radius 1 is 0.979 bits per heavy atom. The van der Waals surface area contributed by atoms with Crippen molar-refractivity contribution in [2.24, 2.45) is 0 Å². The molecule has 1 fully saturated rings. The zero-order valence-corrected chi connectivity index (χ0v) is 29.0. The Labute approximate surface area is 278 Å². The summed E-state index contributed by atoms with van der Waals surface area (Å²) in [6.07, 6.45) is -3.02. The van der Waals surface area contributed by atoms with Gasteiger partial charge in [0.1, 0.15) is 24.2 Å². The largest absolute Gasteiger partial charge is 0.463 e. The minimum absolute atomic E-state index is 0.0622. The average Bonchev–Trinajstić information content (AvgIpc) is 3.23. The van der Waals surface area contributed by atoms with Gasteiger partial charge in [-0.3, -0.25) is 19.0 Å². The first-order valence-electron chi connectivity index (χ1n) is 15.1. The van der Waals surface area contributed by atoms with E-state index in [1.165, 1.54) is 0 Å². The second-order valence-electron chi connectivity index (χ2n) is 12.4. The lowest BCUT2D eigenvalue weighted by molar-refractivity contribution is -0.190. The van der Waals surface area contributed by atoms with Gasteiger partial charge in [-0.05, 0) is 34.4 Å². The van der Waals surface area contributed by atoms with Gasteiger partial charge in [-0.1, -0.05) is 53.7 Å². The molecule has 1 aromatic carbocycles. The lowest BCUT2D eigenvalue weighted by Crippen LogP contribution is -2.53. The molecule has 4 atom stereocenters. The standard InChI is InChI=1S/C32H40FN3O11S/c1-17(2)23-12-24(18(3)4)27(25(13-23)19(5)6)48(41,42)46-26-10-11-36(30(40)35-26)32(15-34)29(45-22(9)39)28(44-21(8)38)31(14-33,47-32)16-43-20(7)37/h10-13,17-19,28-29H,14,16H2,1-9H3/t28-,29+,31+,32+/m0/s1. The summed E-state index contributed by atoms with van der Waals surface area (Å²) in [5.74, 6) is -3.92. The van der Waals surface area contributed by atoms with Gasteiger partial charge in [-0.25, -0.2) is 9.18 Å². The second-order valence-corrected chi connectivity index (χ2v) is 13.9. The maximum absolute atomic E-state index is 14.8. The minimum atomic E-state index is -4.60. The highest BCUT2D eigenvalue weighted by Gasteiger charge is 2.69. The summed E-state index contributed by atoms with van der Waals surface area (Å²) in [7, 11) is -4.60. The number of hydrogen-bond donors (Lipinski definition) is 0. The molecular formula is C32H40FN3O11S. The van der Waals surface area contributed by atoms with E-state index in [1.807, 2.05) is 41.5 Å². The monoisotopic (exact) mass is 693 g/mol. The molecule has 2 aromatic rings. The molecule has 0 saturated carbocycles. The second kappa shape index (κ2) is 14.4. The van der Waals surface area contributed by atoms with E-state index in [2.05, 4.69) is 4.98 Å². The van der Waals surface area contributed by atoms with Crippen LogP contribution in [0.3, 0.4) is 0 Å². The first-order valence-corrected chi connectivity index (χ1v) is 16.5. The van der Waals surface area contributed by atoms with Crippen molar-refractivity contribution >= 4 is 28.0 Å². The third-order valence-corrected chi connectivity index (χ3v) is 9.05. The molecule has 0 amide bonds. The third-order valence-electron chi connectivity index (χ3n) is 7.69. The number of nitrogens with zero attached hydrogens (tertiary/aromatic N) is 3. The van der Waals surface area contributed by atoms with Gasteiger partial charge in [0.2, 0.25) is 12.0 Å². The molecule has 1 aliphatic rings. The van der Waals surface area contributed by atoms with Crippen molar-refractivity contribution in [2.45, 2.75) is 108 Å². The Kier molecular flexibility index (Phi) is 11.4. The number of esters is 3. The maximum Gasteiger partial charge on any atom is 0.354 e. The molecule has 48 heavy (non-hydrogen) atoms. The molecule has 0 spiro atoms.